The summed E-state index contributed by atoms with van der Waals surface area (Å²) in [4.78, 5) is 13.7. The van der Waals surface area contributed by atoms with Gasteiger partial charge in [0.05, 0.1) is 18.5 Å². The first kappa shape index (κ1) is 14.8. The monoisotopic (exact) mass is 255 g/mol. The molecule has 0 spiro atoms. The third-order valence-electron chi connectivity index (χ3n) is 2.56. The summed E-state index contributed by atoms with van der Waals surface area (Å²) in [5, 5.41) is 8.76. The number of nitrogens with two attached hydrogens (primary N) is 1. The number of nitriles is 1. The Morgan fingerprint density at radius 3 is 2.89 bits per heavy atom. The molecule has 2 N–H and O–H groups in total. The molecule has 1 unspecified atom stereocenters. The van der Waals surface area contributed by atoms with Crippen molar-refractivity contribution in [2.75, 3.05) is 20.1 Å². The third kappa shape index (κ3) is 4.46. The van der Waals surface area contributed by atoms with Gasteiger partial charge in [-0.2, -0.15) is 5.26 Å². The average Bonchev–Trinajstić information content (AvgIpc) is 2.44. The van der Waals surface area contributed by atoms with Crippen LogP contribution in [0.1, 0.15) is 22.8 Å². The molecule has 0 aliphatic carbocycles. The van der Waals surface area contributed by atoms with E-state index in [1.807, 2.05) is 6.07 Å². The van der Waals surface area contributed by atoms with Gasteiger partial charge in [0.2, 0.25) is 0 Å². The van der Waals surface area contributed by atoms with Gasteiger partial charge in [-0.1, -0.05) is 17.9 Å². The minimum atomic E-state index is -0.186. The minimum Gasteiger partial charge on any atom is -0.340 e. The summed E-state index contributed by atoms with van der Waals surface area (Å²) in [7, 11) is 1.69. The topological polar surface area (TPSA) is 70.1 Å². The molecule has 0 heterocycles. The van der Waals surface area contributed by atoms with Gasteiger partial charge in [-0.3, -0.25) is 4.79 Å². The summed E-state index contributed by atoms with van der Waals surface area (Å²) < 4.78 is 0. The number of nitrogens with zero attached hydrogens (tertiary/aromatic N) is 2. The molecule has 4 nitrogen and oxygen atoms in total. The predicted octanol–water partition coefficient (Wildman–Crippen LogP) is 1.23. The van der Waals surface area contributed by atoms with Crippen LogP contribution in [-0.2, 0) is 0 Å². The number of rotatable bonds is 3. The SMILES string of the molecule is CC(C#N)CN(C)C(=O)c1cccc(C#CCN)c1. The van der Waals surface area contributed by atoms with E-state index in [1.165, 1.54) is 0 Å². The average molecular weight is 255 g/mol. The van der Waals surface area contributed by atoms with E-state index in [4.69, 9.17) is 11.0 Å². The molecular weight excluding hydrogens is 238 g/mol. The summed E-state index contributed by atoms with van der Waals surface area (Å²) in [6, 6.07) is 9.20. The van der Waals surface area contributed by atoms with Crippen LogP contribution in [0.5, 0.6) is 0 Å². The zero-order valence-electron chi connectivity index (χ0n) is 11.2. The van der Waals surface area contributed by atoms with Crippen molar-refractivity contribution in [2.24, 2.45) is 11.7 Å². The molecule has 98 valence electrons. The van der Waals surface area contributed by atoms with Crippen molar-refractivity contribution in [2.45, 2.75) is 6.92 Å². The summed E-state index contributed by atoms with van der Waals surface area (Å²) in [5.74, 6) is 5.34. The standard InChI is InChI=1S/C15H17N3O/c1-12(10-17)11-18(2)15(19)14-7-3-5-13(9-14)6-4-8-16/h3,5,7,9,12H,8,11,16H2,1-2H3. The van der Waals surface area contributed by atoms with E-state index in [1.54, 1.807) is 37.1 Å². The van der Waals surface area contributed by atoms with Gasteiger partial charge < -0.3 is 10.6 Å². The first-order chi connectivity index (χ1) is 9.08. The van der Waals surface area contributed by atoms with Crippen LogP contribution in [0, 0.1) is 29.1 Å². The normalized spacial score (nSPS) is 10.8. The zero-order chi connectivity index (χ0) is 14.3. The van der Waals surface area contributed by atoms with Crippen LogP contribution >= 0.6 is 0 Å². The Bertz CT molecular complexity index is 548. The van der Waals surface area contributed by atoms with Gasteiger partial charge in [-0.15, -0.1) is 0 Å². The maximum atomic E-state index is 12.2. The molecule has 1 aromatic carbocycles. The molecule has 1 atom stereocenters. The molecule has 0 saturated carbocycles. The third-order valence-corrected chi connectivity index (χ3v) is 2.56. The quantitative estimate of drug-likeness (QED) is 0.826. The highest BCUT2D eigenvalue weighted by molar-refractivity contribution is 5.94. The van der Waals surface area contributed by atoms with Crippen LogP contribution < -0.4 is 5.73 Å². The van der Waals surface area contributed by atoms with Crippen molar-refractivity contribution < 1.29 is 4.79 Å². The Kier molecular flexibility index (Phi) is 5.60. The van der Waals surface area contributed by atoms with Crippen molar-refractivity contribution in [3.63, 3.8) is 0 Å². The van der Waals surface area contributed by atoms with Gasteiger partial charge in [-0.25, -0.2) is 0 Å². The van der Waals surface area contributed by atoms with Gasteiger partial charge in [0.1, 0.15) is 0 Å². The molecule has 0 aromatic heterocycles. The van der Waals surface area contributed by atoms with Gasteiger partial charge in [0, 0.05) is 24.7 Å². The molecular formula is C15H17N3O. The Balaban J connectivity index is 2.85. The van der Waals surface area contributed by atoms with E-state index in [0.717, 1.165) is 5.56 Å². The van der Waals surface area contributed by atoms with Gasteiger partial charge in [0.15, 0.2) is 0 Å². The van der Waals surface area contributed by atoms with E-state index in [0.29, 0.717) is 12.1 Å². The lowest BCUT2D eigenvalue weighted by Crippen LogP contribution is -2.30. The molecule has 4 heteroatoms. The van der Waals surface area contributed by atoms with Crippen molar-refractivity contribution in [1.82, 2.24) is 4.90 Å². The van der Waals surface area contributed by atoms with Crippen molar-refractivity contribution in [1.29, 1.82) is 5.26 Å². The van der Waals surface area contributed by atoms with E-state index in [-0.39, 0.29) is 18.4 Å². The molecule has 0 aliphatic rings. The van der Waals surface area contributed by atoms with E-state index in [9.17, 15) is 4.79 Å². The Morgan fingerprint density at radius 1 is 1.53 bits per heavy atom. The fraction of sp³-hybridized carbons (Fsp3) is 0.333. The predicted molar refractivity (Wildman–Crippen MR) is 74.1 cm³/mol. The van der Waals surface area contributed by atoms with Crippen LogP contribution in [-0.4, -0.2) is 30.9 Å². The lowest BCUT2D eigenvalue weighted by Gasteiger charge is -2.18. The fourth-order valence-corrected chi connectivity index (χ4v) is 1.64. The maximum absolute atomic E-state index is 12.2. The Labute approximate surface area is 113 Å². The van der Waals surface area contributed by atoms with Gasteiger partial charge in [-0.05, 0) is 25.1 Å². The molecule has 0 bridgehead atoms. The van der Waals surface area contributed by atoms with Crippen LogP contribution in [0.15, 0.2) is 24.3 Å². The summed E-state index contributed by atoms with van der Waals surface area (Å²) >= 11 is 0. The molecule has 0 aliphatic heterocycles. The number of hydrogen-bond acceptors (Lipinski definition) is 3. The second-order valence-electron chi connectivity index (χ2n) is 4.30. The van der Waals surface area contributed by atoms with E-state index < -0.39 is 0 Å². The first-order valence-electron chi connectivity index (χ1n) is 6.02. The molecule has 1 amide bonds. The molecule has 1 aromatic rings. The van der Waals surface area contributed by atoms with E-state index >= 15 is 0 Å². The Morgan fingerprint density at radius 2 is 2.26 bits per heavy atom. The second kappa shape index (κ2) is 7.20. The lowest BCUT2D eigenvalue weighted by molar-refractivity contribution is 0.0785. The smallest absolute Gasteiger partial charge is 0.253 e. The first-order valence-corrected chi connectivity index (χ1v) is 6.02. The number of carbonyl (C=O) groups excluding carboxylic acids is 1. The maximum Gasteiger partial charge on any atom is 0.253 e. The highest BCUT2D eigenvalue weighted by Gasteiger charge is 2.14. The molecule has 19 heavy (non-hydrogen) atoms. The van der Waals surface area contributed by atoms with Crippen LogP contribution in [0.2, 0.25) is 0 Å². The molecule has 0 radical (unpaired) electrons. The molecule has 0 saturated heterocycles. The summed E-state index contributed by atoms with van der Waals surface area (Å²) in [6.07, 6.45) is 0. The second-order valence-corrected chi connectivity index (χ2v) is 4.30. The highest BCUT2D eigenvalue weighted by Crippen LogP contribution is 2.08. The number of hydrogen-bond donors (Lipinski definition) is 1. The number of carbonyl (C=O) groups is 1. The Hall–Kier alpha value is -2.30. The summed E-state index contributed by atoms with van der Waals surface area (Å²) in [6.45, 7) is 2.48. The number of amides is 1. The van der Waals surface area contributed by atoms with Crippen LogP contribution in [0.4, 0.5) is 0 Å². The van der Waals surface area contributed by atoms with Gasteiger partial charge >= 0.3 is 0 Å². The van der Waals surface area contributed by atoms with E-state index in [2.05, 4.69) is 17.9 Å². The number of benzene rings is 1. The minimum absolute atomic E-state index is 0.113. The van der Waals surface area contributed by atoms with Crippen molar-refractivity contribution in [3.05, 3.63) is 35.4 Å². The van der Waals surface area contributed by atoms with Crippen molar-refractivity contribution in [3.8, 4) is 17.9 Å². The molecule has 1 rings (SSSR count). The highest BCUT2D eigenvalue weighted by atomic mass is 16.2. The zero-order valence-corrected chi connectivity index (χ0v) is 11.2. The fourth-order valence-electron chi connectivity index (χ4n) is 1.64. The van der Waals surface area contributed by atoms with Crippen molar-refractivity contribution >= 4 is 5.91 Å². The van der Waals surface area contributed by atoms with Crippen LogP contribution in [0.3, 0.4) is 0 Å². The van der Waals surface area contributed by atoms with Crippen LogP contribution in [0.25, 0.3) is 0 Å². The molecule has 0 fully saturated rings. The lowest BCUT2D eigenvalue weighted by atomic mass is 10.1. The largest absolute Gasteiger partial charge is 0.340 e. The summed E-state index contributed by atoms with van der Waals surface area (Å²) in [5.41, 5.74) is 6.64. The van der Waals surface area contributed by atoms with Gasteiger partial charge in [0.25, 0.3) is 5.91 Å².